The smallest absolute Gasteiger partial charge is 0.322 e. The number of nitrogens with one attached hydrogen (secondary N) is 1. The Morgan fingerprint density at radius 2 is 2.18 bits per heavy atom. The van der Waals surface area contributed by atoms with Crippen LogP contribution in [-0.2, 0) is 0 Å². The van der Waals surface area contributed by atoms with Crippen molar-refractivity contribution in [2.45, 2.75) is 11.8 Å². The van der Waals surface area contributed by atoms with E-state index in [1.54, 1.807) is 18.7 Å². The molecule has 0 radical (unpaired) electrons. The molecule has 22 heavy (non-hydrogen) atoms. The van der Waals surface area contributed by atoms with Crippen molar-refractivity contribution < 1.29 is 9.21 Å². The van der Waals surface area contributed by atoms with Crippen molar-refractivity contribution in [1.82, 2.24) is 19.8 Å². The molecule has 2 aromatic heterocycles. The number of anilines is 1. The van der Waals surface area contributed by atoms with Crippen LogP contribution in [0.2, 0.25) is 0 Å². The average molecular weight is 333 g/mol. The van der Waals surface area contributed by atoms with E-state index in [4.69, 9.17) is 4.42 Å². The zero-order chi connectivity index (χ0) is 15.5. The lowest BCUT2D eigenvalue weighted by Gasteiger charge is -1.99. The van der Waals surface area contributed by atoms with E-state index in [-0.39, 0.29) is 11.9 Å². The Morgan fingerprint density at radius 1 is 1.32 bits per heavy atom. The summed E-state index contributed by atoms with van der Waals surface area (Å²) in [7, 11) is 0. The minimum atomic E-state index is -0.361. The van der Waals surface area contributed by atoms with Gasteiger partial charge in [-0.3, -0.25) is 10.1 Å². The van der Waals surface area contributed by atoms with Crippen molar-refractivity contribution in [3.63, 3.8) is 0 Å². The Hall–Kier alpha value is -2.26. The third-order valence-electron chi connectivity index (χ3n) is 2.82. The number of hydrogen-bond acceptors (Lipinski definition) is 8. The second-order valence-corrected chi connectivity index (χ2v) is 5.92. The molecule has 7 nitrogen and oxygen atoms in total. The molecule has 3 rings (SSSR count). The molecule has 0 spiro atoms. The average Bonchev–Trinajstić information content (AvgIpc) is 3.16. The molecule has 0 atom stereocenters. The highest BCUT2D eigenvalue weighted by molar-refractivity contribution is 7.98. The van der Waals surface area contributed by atoms with E-state index in [1.807, 2.05) is 30.5 Å². The summed E-state index contributed by atoms with van der Waals surface area (Å²) in [4.78, 5) is 13.5. The van der Waals surface area contributed by atoms with Gasteiger partial charge in [0.05, 0.1) is 5.69 Å². The third kappa shape index (κ3) is 3.00. The van der Waals surface area contributed by atoms with Crippen LogP contribution in [0, 0.1) is 6.92 Å². The fourth-order valence-electron chi connectivity index (χ4n) is 1.74. The van der Waals surface area contributed by atoms with Crippen molar-refractivity contribution in [2.75, 3.05) is 11.6 Å². The molecule has 1 aromatic carbocycles. The number of benzene rings is 1. The highest BCUT2D eigenvalue weighted by Gasteiger charge is 2.17. The Balaban J connectivity index is 1.79. The normalized spacial score (nSPS) is 10.6. The van der Waals surface area contributed by atoms with Crippen molar-refractivity contribution in [2.24, 2.45) is 0 Å². The Kier molecular flexibility index (Phi) is 4.16. The summed E-state index contributed by atoms with van der Waals surface area (Å²) >= 11 is 2.64. The molecule has 0 unspecified atom stereocenters. The van der Waals surface area contributed by atoms with Crippen LogP contribution in [0.15, 0.2) is 33.6 Å². The summed E-state index contributed by atoms with van der Waals surface area (Å²) in [5.41, 5.74) is 1.37. The Bertz CT molecular complexity index is 814. The van der Waals surface area contributed by atoms with E-state index < -0.39 is 0 Å². The van der Waals surface area contributed by atoms with Gasteiger partial charge in [-0.1, -0.05) is 15.7 Å². The summed E-state index contributed by atoms with van der Waals surface area (Å²) in [5.74, 6) is -0.00841. The number of aromatic nitrogens is 4. The van der Waals surface area contributed by atoms with E-state index in [9.17, 15) is 4.79 Å². The summed E-state index contributed by atoms with van der Waals surface area (Å²) in [6.07, 6.45) is 1.99. The Morgan fingerprint density at radius 3 is 2.91 bits per heavy atom. The quantitative estimate of drug-likeness (QED) is 0.734. The number of nitrogens with zero attached hydrogens (tertiary/aromatic N) is 4. The number of aryl methyl sites for hydroxylation is 1. The summed E-state index contributed by atoms with van der Waals surface area (Å²) in [5, 5.41) is 14.1. The number of carbonyl (C=O) groups excluding carboxylic acids is 1. The maximum absolute atomic E-state index is 12.0. The summed E-state index contributed by atoms with van der Waals surface area (Å²) < 4.78 is 9.20. The van der Waals surface area contributed by atoms with Gasteiger partial charge in [0.2, 0.25) is 5.89 Å². The highest BCUT2D eigenvalue weighted by atomic mass is 32.2. The maximum atomic E-state index is 12.0. The fraction of sp³-hybridized carbons (Fsp3) is 0.154. The van der Waals surface area contributed by atoms with E-state index in [1.165, 1.54) is 0 Å². The van der Waals surface area contributed by atoms with Gasteiger partial charge in [-0.25, -0.2) is 0 Å². The van der Waals surface area contributed by atoms with Gasteiger partial charge < -0.3 is 4.42 Å². The van der Waals surface area contributed by atoms with Crippen LogP contribution < -0.4 is 5.32 Å². The molecule has 112 valence electrons. The number of thioether (sulfide) groups is 1. The topological polar surface area (TPSA) is 93.8 Å². The molecule has 2 heterocycles. The molecule has 1 N–H and O–H groups in total. The number of amides is 1. The zero-order valence-corrected chi connectivity index (χ0v) is 13.4. The van der Waals surface area contributed by atoms with Gasteiger partial charge in [-0.2, -0.15) is 0 Å². The molecule has 3 aromatic rings. The van der Waals surface area contributed by atoms with Gasteiger partial charge in [-0.05, 0) is 42.9 Å². The zero-order valence-electron chi connectivity index (χ0n) is 11.7. The minimum Gasteiger partial charge on any atom is -0.403 e. The first-order valence-corrected chi connectivity index (χ1v) is 8.25. The van der Waals surface area contributed by atoms with Gasteiger partial charge in [-0.15, -0.1) is 22.0 Å². The van der Waals surface area contributed by atoms with Gasteiger partial charge >= 0.3 is 6.01 Å². The number of rotatable bonds is 4. The molecule has 9 heteroatoms. The Labute approximate surface area is 134 Å². The fourth-order valence-corrected chi connectivity index (χ4v) is 2.75. The maximum Gasteiger partial charge on any atom is 0.322 e. The first kappa shape index (κ1) is 14.7. The molecule has 0 aliphatic carbocycles. The molecule has 0 saturated carbocycles. The van der Waals surface area contributed by atoms with Crippen LogP contribution in [0.3, 0.4) is 0 Å². The molecule has 1 amide bonds. The molecular formula is C13H11N5O2S2. The van der Waals surface area contributed by atoms with Crippen LogP contribution >= 0.6 is 23.3 Å². The first-order chi connectivity index (χ1) is 10.7. The molecule has 0 saturated heterocycles. The molecule has 0 fully saturated rings. The largest absolute Gasteiger partial charge is 0.403 e. The van der Waals surface area contributed by atoms with Crippen molar-refractivity contribution >= 4 is 35.2 Å². The predicted octanol–water partition coefficient (Wildman–Crippen LogP) is 2.87. The predicted molar refractivity (Wildman–Crippen MR) is 84.1 cm³/mol. The SMILES string of the molecule is CSc1cccc(-c2nnc(NC(=O)c3snnc3C)o2)c1. The van der Waals surface area contributed by atoms with Crippen LogP contribution in [-0.4, -0.2) is 31.9 Å². The van der Waals surface area contributed by atoms with Gasteiger partial charge in [0.25, 0.3) is 5.91 Å². The van der Waals surface area contributed by atoms with Gasteiger partial charge in [0.1, 0.15) is 4.88 Å². The number of hydrogen-bond donors (Lipinski definition) is 1. The summed E-state index contributed by atoms with van der Waals surface area (Å²) in [6, 6.07) is 7.77. The third-order valence-corrected chi connectivity index (χ3v) is 4.37. The standard InChI is InChI=1S/C13H11N5O2S2/c1-7-10(22-18-15-7)11(19)14-13-17-16-12(20-13)8-4-3-5-9(6-8)21-2/h3-6H,1-2H3,(H,14,17,19). The van der Waals surface area contributed by atoms with Crippen molar-refractivity contribution in [3.8, 4) is 11.5 Å². The van der Waals surface area contributed by atoms with Gasteiger partial charge in [0.15, 0.2) is 0 Å². The second kappa shape index (κ2) is 6.24. The number of carbonyl (C=O) groups is 1. The summed E-state index contributed by atoms with van der Waals surface area (Å²) in [6.45, 7) is 1.71. The lowest BCUT2D eigenvalue weighted by atomic mass is 10.2. The molecule has 0 bridgehead atoms. The minimum absolute atomic E-state index is 0.0438. The van der Waals surface area contributed by atoms with E-state index in [0.717, 1.165) is 22.0 Å². The van der Waals surface area contributed by atoms with Crippen LogP contribution in [0.25, 0.3) is 11.5 Å². The van der Waals surface area contributed by atoms with Crippen molar-refractivity contribution in [1.29, 1.82) is 0 Å². The van der Waals surface area contributed by atoms with Crippen LogP contribution in [0.1, 0.15) is 15.4 Å². The molecule has 0 aliphatic rings. The molecular weight excluding hydrogens is 322 g/mol. The monoisotopic (exact) mass is 333 g/mol. The molecule has 0 aliphatic heterocycles. The highest BCUT2D eigenvalue weighted by Crippen LogP contribution is 2.24. The second-order valence-electron chi connectivity index (χ2n) is 4.29. The first-order valence-electron chi connectivity index (χ1n) is 6.25. The van der Waals surface area contributed by atoms with E-state index >= 15 is 0 Å². The van der Waals surface area contributed by atoms with Gasteiger partial charge in [0, 0.05) is 10.5 Å². The lowest BCUT2D eigenvalue weighted by molar-refractivity contribution is 0.102. The lowest BCUT2D eigenvalue weighted by Crippen LogP contribution is -2.11. The van der Waals surface area contributed by atoms with Crippen LogP contribution in [0.5, 0.6) is 0 Å². The van der Waals surface area contributed by atoms with Crippen molar-refractivity contribution in [3.05, 3.63) is 34.8 Å². The van der Waals surface area contributed by atoms with E-state index in [2.05, 4.69) is 25.1 Å². The van der Waals surface area contributed by atoms with Crippen LogP contribution in [0.4, 0.5) is 6.01 Å². The van der Waals surface area contributed by atoms with E-state index in [0.29, 0.717) is 16.5 Å².